The van der Waals surface area contributed by atoms with Crippen LogP contribution in [0.3, 0.4) is 0 Å². The van der Waals surface area contributed by atoms with Crippen LogP contribution in [0, 0.1) is 0 Å². The summed E-state index contributed by atoms with van der Waals surface area (Å²) in [5.41, 5.74) is 3.02. The Hall–Kier alpha value is -0.360. The van der Waals surface area contributed by atoms with Crippen molar-refractivity contribution in [2.75, 3.05) is 5.32 Å². The monoisotopic (exact) mass is 279 g/mol. The zero-order valence-corrected chi connectivity index (χ0v) is 9.63. The van der Waals surface area contributed by atoms with Gasteiger partial charge in [-0.25, -0.2) is 5.84 Å². The second-order valence-electron chi connectivity index (χ2n) is 2.22. The van der Waals surface area contributed by atoms with Gasteiger partial charge in [0.2, 0.25) is 0 Å². The fraction of sp³-hybridized carbons (Fsp3) is 0. The largest absolute Gasteiger partial charge is 0.330 e. The minimum absolute atomic E-state index is 0.323. The number of hydrogen-bond donors (Lipinski definition) is 3. The summed E-state index contributed by atoms with van der Waals surface area (Å²) in [6.45, 7) is 0. The zero-order chi connectivity index (χ0) is 9.84. The van der Waals surface area contributed by atoms with Gasteiger partial charge in [0.05, 0.1) is 10.7 Å². The van der Waals surface area contributed by atoms with Crippen molar-refractivity contribution in [2.24, 2.45) is 5.84 Å². The number of thiocarbonyl (C=S) groups is 1. The molecule has 1 rings (SSSR count). The fourth-order valence-corrected chi connectivity index (χ4v) is 1.58. The lowest BCUT2D eigenvalue weighted by molar-refractivity contribution is 1.04. The Labute approximate surface area is 94.7 Å². The molecule has 0 bridgehead atoms. The Balaban J connectivity index is 2.83. The molecular formula is C7H7BrClN3S. The maximum Gasteiger partial charge on any atom is 0.185 e. The SMILES string of the molecule is NNC(=S)Nc1ccc(Br)cc1Cl. The van der Waals surface area contributed by atoms with E-state index in [1.807, 2.05) is 6.07 Å². The Kier molecular flexibility index (Phi) is 3.92. The van der Waals surface area contributed by atoms with Gasteiger partial charge >= 0.3 is 0 Å². The second kappa shape index (κ2) is 4.76. The van der Waals surface area contributed by atoms with E-state index < -0.39 is 0 Å². The number of anilines is 1. The number of halogens is 2. The van der Waals surface area contributed by atoms with Gasteiger partial charge in [0.15, 0.2) is 5.11 Å². The Morgan fingerprint density at radius 1 is 1.54 bits per heavy atom. The van der Waals surface area contributed by atoms with E-state index in [1.165, 1.54) is 0 Å². The lowest BCUT2D eigenvalue weighted by Gasteiger charge is -2.08. The molecule has 0 fully saturated rings. The molecular weight excluding hydrogens is 274 g/mol. The average molecular weight is 281 g/mol. The summed E-state index contributed by atoms with van der Waals surface area (Å²) < 4.78 is 0.912. The summed E-state index contributed by atoms with van der Waals surface area (Å²) in [6.07, 6.45) is 0. The van der Waals surface area contributed by atoms with E-state index in [2.05, 4.69) is 26.7 Å². The van der Waals surface area contributed by atoms with Crippen molar-refractivity contribution in [3.63, 3.8) is 0 Å². The summed E-state index contributed by atoms with van der Waals surface area (Å²) in [4.78, 5) is 0. The summed E-state index contributed by atoms with van der Waals surface area (Å²) in [5, 5.41) is 3.73. The van der Waals surface area contributed by atoms with Crippen molar-refractivity contribution in [3.8, 4) is 0 Å². The van der Waals surface area contributed by atoms with Crippen molar-refractivity contribution < 1.29 is 0 Å². The van der Waals surface area contributed by atoms with Crippen LogP contribution < -0.4 is 16.6 Å². The molecule has 13 heavy (non-hydrogen) atoms. The van der Waals surface area contributed by atoms with E-state index in [1.54, 1.807) is 12.1 Å². The van der Waals surface area contributed by atoms with Crippen LogP contribution in [-0.2, 0) is 0 Å². The molecule has 70 valence electrons. The second-order valence-corrected chi connectivity index (χ2v) is 3.95. The molecule has 0 aliphatic rings. The first-order valence-electron chi connectivity index (χ1n) is 3.36. The smallest absolute Gasteiger partial charge is 0.185 e. The highest BCUT2D eigenvalue weighted by atomic mass is 79.9. The van der Waals surface area contributed by atoms with Gasteiger partial charge in [-0.3, -0.25) is 0 Å². The first kappa shape index (κ1) is 10.7. The molecule has 1 aromatic carbocycles. The van der Waals surface area contributed by atoms with Crippen molar-refractivity contribution in [2.45, 2.75) is 0 Å². The molecule has 0 saturated carbocycles. The van der Waals surface area contributed by atoms with Gasteiger partial charge in [0, 0.05) is 4.47 Å². The third-order valence-corrected chi connectivity index (χ3v) is 2.34. The highest BCUT2D eigenvalue weighted by Gasteiger charge is 2.01. The molecule has 3 nitrogen and oxygen atoms in total. The Morgan fingerprint density at radius 3 is 2.77 bits per heavy atom. The molecule has 0 unspecified atom stereocenters. The molecule has 1 aromatic rings. The normalized spacial score (nSPS) is 9.46. The third-order valence-electron chi connectivity index (χ3n) is 1.31. The molecule has 0 aliphatic carbocycles. The lowest BCUT2D eigenvalue weighted by atomic mass is 10.3. The first-order chi connectivity index (χ1) is 6.13. The minimum Gasteiger partial charge on any atom is -0.330 e. The van der Waals surface area contributed by atoms with Gasteiger partial charge in [-0.1, -0.05) is 27.5 Å². The molecule has 0 heterocycles. The zero-order valence-electron chi connectivity index (χ0n) is 6.47. The van der Waals surface area contributed by atoms with Gasteiger partial charge < -0.3 is 10.7 Å². The molecule has 0 atom stereocenters. The van der Waals surface area contributed by atoms with Crippen LogP contribution in [0.1, 0.15) is 0 Å². The van der Waals surface area contributed by atoms with Crippen LogP contribution in [0.2, 0.25) is 5.02 Å². The number of nitrogens with two attached hydrogens (primary N) is 1. The molecule has 0 aromatic heterocycles. The molecule has 0 saturated heterocycles. The van der Waals surface area contributed by atoms with Crippen molar-refractivity contribution in [1.82, 2.24) is 5.43 Å². The summed E-state index contributed by atoms with van der Waals surface area (Å²) in [5.74, 6) is 5.09. The Morgan fingerprint density at radius 2 is 2.23 bits per heavy atom. The van der Waals surface area contributed by atoms with Gasteiger partial charge in [0.25, 0.3) is 0 Å². The van der Waals surface area contributed by atoms with Crippen LogP contribution in [0.15, 0.2) is 22.7 Å². The molecule has 0 radical (unpaired) electrons. The predicted octanol–water partition coefficient (Wildman–Crippen LogP) is 2.26. The van der Waals surface area contributed by atoms with Gasteiger partial charge in [-0.05, 0) is 30.4 Å². The van der Waals surface area contributed by atoms with E-state index in [4.69, 9.17) is 29.7 Å². The standard InChI is InChI=1S/C7H7BrClN3S/c8-4-1-2-6(5(9)3-4)11-7(13)12-10/h1-3H,10H2,(H2,11,12,13). The van der Waals surface area contributed by atoms with Crippen LogP contribution in [0.25, 0.3) is 0 Å². The highest BCUT2D eigenvalue weighted by molar-refractivity contribution is 9.10. The first-order valence-corrected chi connectivity index (χ1v) is 4.94. The maximum atomic E-state index is 5.91. The van der Waals surface area contributed by atoms with E-state index >= 15 is 0 Å². The topological polar surface area (TPSA) is 50.1 Å². The molecule has 0 aliphatic heterocycles. The van der Waals surface area contributed by atoms with Gasteiger partial charge in [-0.2, -0.15) is 0 Å². The highest BCUT2D eigenvalue weighted by Crippen LogP contribution is 2.25. The fourth-order valence-electron chi connectivity index (χ4n) is 0.749. The van der Waals surface area contributed by atoms with Gasteiger partial charge in [0.1, 0.15) is 0 Å². The molecule has 4 N–H and O–H groups in total. The summed E-state index contributed by atoms with van der Waals surface area (Å²) >= 11 is 14.0. The summed E-state index contributed by atoms with van der Waals surface area (Å²) in [6, 6.07) is 5.42. The quantitative estimate of drug-likeness (QED) is 0.420. The summed E-state index contributed by atoms with van der Waals surface area (Å²) in [7, 11) is 0. The van der Waals surface area contributed by atoms with Crippen molar-refractivity contribution in [1.29, 1.82) is 0 Å². The van der Waals surface area contributed by atoms with Crippen LogP contribution >= 0.6 is 39.7 Å². The number of benzene rings is 1. The average Bonchev–Trinajstić information content (AvgIpc) is 2.09. The van der Waals surface area contributed by atoms with Crippen LogP contribution in [0.4, 0.5) is 5.69 Å². The van der Waals surface area contributed by atoms with E-state index in [-0.39, 0.29) is 0 Å². The van der Waals surface area contributed by atoms with Crippen LogP contribution in [-0.4, -0.2) is 5.11 Å². The number of nitrogens with one attached hydrogen (secondary N) is 2. The van der Waals surface area contributed by atoms with E-state index in [9.17, 15) is 0 Å². The van der Waals surface area contributed by atoms with Crippen molar-refractivity contribution >= 4 is 50.5 Å². The Bertz CT molecular complexity index is 332. The lowest BCUT2D eigenvalue weighted by Crippen LogP contribution is -2.34. The molecule has 6 heteroatoms. The predicted molar refractivity (Wildman–Crippen MR) is 62.7 cm³/mol. The van der Waals surface area contributed by atoms with Crippen molar-refractivity contribution in [3.05, 3.63) is 27.7 Å². The number of hydrogen-bond acceptors (Lipinski definition) is 2. The number of rotatable bonds is 1. The third kappa shape index (κ3) is 3.11. The maximum absolute atomic E-state index is 5.91. The number of hydrazine groups is 1. The molecule has 0 spiro atoms. The van der Waals surface area contributed by atoms with Gasteiger partial charge in [-0.15, -0.1) is 0 Å². The van der Waals surface area contributed by atoms with E-state index in [0.29, 0.717) is 15.8 Å². The molecule has 0 amide bonds. The van der Waals surface area contributed by atoms with Crippen LogP contribution in [0.5, 0.6) is 0 Å². The van der Waals surface area contributed by atoms with E-state index in [0.717, 1.165) is 4.47 Å². The minimum atomic E-state index is 0.323.